The quantitative estimate of drug-likeness (QED) is 0.705. The van der Waals surface area contributed by atoms with Crippen molar-refractivity contribution in [3.8, 4) is 11.4 Å². The molecule has 0 N–H and O–H groups in total. The molecule has 0 aliphatic carbocycles. The highest BCUT2D eigenvalue weighted by Crippen LogP contribution is 2.27. The normalized spacial score (nSPS) is 10.8. The molecule has 0 amide bonds. The van der Waals surface area contributed by atoms with E-state index in [2.05, 4.69) is 49.1 Å². The monoisotopic (exact) mass is 320 g/mol. The first-order valence-electron chi connectivity index (χ1n) is 8.43. The lowest BCUT2D eigenvalue weighted by atomic mass is 10.1. The van der Waals surface area contributed by atoms with E-state index in [4.69, 9.17) is 9.97 Å². The molecule has 0 aliphatic heterocycles. The van der Waals surface area contributed by atoms with Crippen molar-refractivity contribution in [2.45, 2.75) is 13.8 Å². The number of aromatic nitrogens is 2. The fraction of sp³-hybridized carbons (Fsp3) is 0.300. The molecule has 0 saturated heterocycles. The molecule has 0 radical (unpaired) electrons. The van der Waals surface area contributed by atoms with Crippen molar-refractivity contribution < 1.29 is 0 Å². The van der Waals surface area contributed by atoms with Gasteiger partial charge in [0.15, 0.2) is 5.82 Å². The molecule has 2 aromatic carbocycles. The molecular weight excluding hydrogens is 296 g/mol. The van der Waals surface area contributed by atoms with Crippen molar-refractivity contribution in [1.82, 2.24) is 9.97 Å². The van der Waals surface area contributed by atoms with E-state index >= 15 is 0 Å². The van der Waals surface area contributed by atoms with E-state index in [1.165, 1.54) is 5.69 Å². The van der Waals surface area contributed by atoms with Crippen LogP contribution in [0.5, 0.6) is 0 Å². The first-order valence-corrected chi connectivity index (χ1v) is 8.43. The summed E-state index contributed by atoms with van der Waals surface area (Å²) in [5.41, 5.74) is 3.25. The third-order valence-electron chi connectivity index (χ3n) is 4.26. The Morgan fingerprint density at radius 3 is 2.12 bits per heavy atom. The van der Waals surface area contributed by atoms with Gasteiger partial charge in [0.2, 0.25) is 0 Å². The van der Waals surface area contributed by atoms with Gasteiger partial charge in [-0.15, -0.1) is 0 Å². The second-order valence-electron chi connectivity index (χ2n) is 6.00. The molecule has 1 aromatic heterocycles. The number of benzene rings is 2. The largest absolute Gasteiger partial charge is 0.372 e. The van der Waals surface area contributed by atoms with Gasteiger partial charge < -0.3 is 9.80 Å². The number of para-hydroxylation sites is 1. The van der Waals surface area contributed by atoms with E-state index in [1.54, 1.807) is 0 Å². The number of anilines is 2. The summed E-state index contributed by atoms with van der Waals surface area (Å²) in [6, 6.07) is 16.7. The molecule has 4 heteroatoms. The minimum Gasteiger partial charge on any atom is -0.372 e. The summed E-state index contributed by atoms with van der Waals surface area (Å²) in [5.74, 6) is 1.71. The van der Waals surface area contributed by atoms with Gasteiger partial charge in [-0.05, 0) is 50.2 Å². The molecule has 0 atom stereocenters. The third-order valence-corrected chi connectivity index (χ3v) is 4.26. The first-order chi connectivity index (χ1) is 11.6. The molecule has 0 unspecified atom stereocenters. The summed E-state index contributed by atoms with van der Waals surface area (Å²) >= 11 is 0. The zero-order valence-corrected chi connectivity index (χ0v) is 14.8. The van der Waals surface area contributed by atoms with E-state index in [0.29, 0.717) is 0 Å². The Bertz CT molecular complexity index is 821. The van der Waals surface area contributed by atoms with Crippen molar-refractivity contribution in [3.05, 3.63) is 48.5 Å². The zero-order chi connectivity index (χ0) is 17.1. The summed E-state index contributed by atoms with van der Waals surface area (Å²) in [6.45, 7) is 6.36. The fourth-order valence-corrected chi connectivity index (χ4v) is 2.94. The molecule has 4 nitrogen and oxygen atoms in total. The summed E-state index contributed by atoms with van der Waals surface area (Å²) in [5, 5.41) is 1.08. The Labute approximate surface area is 143 Å². The van der Waals surface area contributed by atoms with Crippen molar-refractivity contribution in [1.29, 1.82) is 0 Å². The predicted molar refractivity (Wildman–Crippen MR) is 103 cm³/mol. The summed E-state index contributed by atoms with van der Waals surface area (Å²) in [6.07, 6.45) is 0. The van der Waals surface area contributed by atoms with Gasteiger partial charge in [0.1, 0.15) is 5.82 Å². The van der Waals surface area contributed by atoms with Gasteiger partial charge in [0, 0.05) is 43.8 Å². The molecule has 0 spiro atoms. The Kier molecular flexibility index (Phi) is 4.65. The number of rotatable bonds is 5. The topological polar surface area (TPSA) is 32.3 Å². The molecule has 3 rings (SSSR count). The van der Waals surface area contributed by atoms with Gasteiger partial charge in [-0.25, -0.2) is 9.97 Å². The minimum atomic E-state index is 0.767. The number of hydrogen-bond donors (Lipinski definition) is 0. The maximum atomic E-state index is 4.79. The van der Waals surface area contributed by atoms with Crippen LogP contribution >= 0.6 is 0 Å². The van der Waals surface area contributed by atoms with Crippen LogP contribution in [0.3, 0.4) is 0 Å². The molecule has 3 aromatic rings. The molecule has 0 aliphatic rings. The molecule has 24 heavy (non-hydrogen) atoms. The standard InChI is InChI=1S/C20H24N4/c1-5-24(6-2)16-13-11-15(12-14-16)19-21-18-10-8-7-9-17(18)20(22-19)23(3)4/h7-14H,5-6H2,1-4H3. The van der Waals surface area contributed by atoms with Gasteiger partial charge in [0.25, 0.3) is 0 Å². The highest BCUT2D eigenvalue weighted by atomic mass is 15.2. The van der Waals surface area contributed by atoms with E-state index < -0.39 is 0 Å². The molecule has 0 bridgehead atoms. The fourth-order valence-electron chi connectivity index (χ4n) is 2.94. The molecule has 124 valence electrons. The third kappa shape index (κ3) is 3.04. The minimum absolute atomic E-state index is 0.767. The lowest BCUT2D eigenvalue weighted by Crippen LogP contribution is -2.21. The second kappa shape index (κ2) is 6.87. The van der Waals surface area contributed by atoms with Crippen molar-refractivity contribution in [2.24, 2.45) is 0 Å². The number of hydrogen-bond acceptors (Lipinski definition) is 4. The van der Waals surface area contributed by atoms with Crippen LogP contribution in [-0.4, -0.2) is 37.2 Å². The van der Waals surface area contributed by atoms with E-state index in [0.717, 1.165) is 41.2 Å². The van der Waals surface area contributed by atoms with Crippen molar-refractivity contribution >= 4 is 22.4 Å². The average Bonchev–Trinajstić information content (AvgIpc) is 2.62. The summed E-state index contributed by atoms with van der Waals surface area (Å²) < 4.78 is 0. The molecular formula is C20H24N4. The maximum Gasteiger partial charge on any atom is 0.162 e. The highest BCUT2D eigenvalue weighted by molar-refractivity contribution is 5.90. The van der Waals surface area contributed by atoms with Crippen LogP contribution in [0.2, 0.25) is 0 Å². The van der Waals surface area contributed by atoms with Gasteiger partial charge in [0.05, 0.1) is 5.52 Å². The Morgan fingerprint density at radius 1 is 0.833 bits per heavy atom. The summed E-state index contributed by atoms with van der Waals surface area (Å²) in [7, 11) is 4.03. The zero-order valence-electron chi connectivity index (χ0n) is 14.8. The summed E-state index contributed by atoms with van der Waals surface area (Å²) in [4.78, 5) is 13.9. The molecule has 1 heterocycles. The van der Waals surface area contributed by atoms with Crippen LogP contribution < -0.4 is 9.80 Å². The van der Waals surface area contributed by atoms with E-state index in [9.17, 15) is 0 Å². The number of fused-ring (bicyclic) bond motifs is 1. The van der Waals surface area contributed by atoms with Gasteiger partial charge in [-0.2, -0.15) is 0 Å². The lowest BCUT2D eigenvalue weighted by Gasteiger charge is -2.21. The first kappa shape index (κ1) is 16.2. The van der Waals surface area contributed by atoms with Crippen LogP contribution in [0.1, 0.15) is 13.8 Å². The Balaban J connectivity index is 2.06. The van der Waals surface area contributed by atoms with Crippen LogP contribution in [0.25, 0.3) is 22.3 Å². The SMILES string of the molecule is CCN(CC)c1ccc(-c2nc(N(C)C)c3ccccc3n2)cc1. The molecule has 0 fully saturated rings. The van der Waals surface area contributed by atoms with Crippen LogP contribution in [0.15, 0.2) is 48.5 Å². The maximum absolute atomic E-state index is 4.79. The van der Waals surface area contributed by atoms with Crippen molar-refractivity contribution in [3.63, 3.8) is 0 Å². The average molecular weight is 320 g/mol. The molecule has 0 saturated carbocycles. The van der Waals surface area contributed by atoms with E-state index in [1.807, 2.05) is 37.2 Å². The second-order valence-corrected chi connectivity index (χ2v) is 6.00. The van der Waals surface area contributed by atoms with Gasteiger partial charge in [-0.1, -0.05) is 12.1 Å². The van der Waals surface area contributed by atoms with Crippen LogP contribution in [0.4, 0.5) is 11.5 Å². The van der Waals surface area contributed by atoms with Gasteiger partial charge >= 0.3 is 0 Å². The smallest absolute Gasteiger partial charge is 0.162 e. The van der Waals surface area contributed by atoms with Crippen LogP contribution in [0, 0.1) is 0 Å². The lowest BCUT2D eigenvalue weighted by molar-refractivity contribution is 0.866. The Morgan fingerprint density at radius 2 is 1.50 bits per heavy atom. The van der Waals surface area contributed by atoms with Crippen molar-refractivity contribution in [2.75, 3.05) is 37.0 Å². The highest BCUT2D eigenvalue weighted by Gasteiger charge is 2.11. The van der Waals surface area contributed by atoms with Gasteiger partial charge in [-0.3, -0.25) is 0 Å². The predicted octanol–water partition coefficient (Wildman–Crippen LogP) is 4.21. The van der Waals surface area contributed by atoms with E-state index in [-0.39, 0.29) is 0 Å². The Hall–Kier alpha value is -2.62. The number of nitrogens with zero attached hydrogens (tertiary/aromatic N) is 4. The van der Waals surface area contributed by atoms with Crippen LogP contribution in [-0.2, 0) is 0 Å².